The molecule has 0 spiro atoms. The third-order valence-electron chi connectivity index (χ3n) is 3.12. The van der Waals surface area contributed by atoms with Crippen molar-refractivity contribution < 1.29 is 4.79 Å². The van der Waals surface area contributed by atoms with E-state index in [2.05, 4.69) is 10.3 Å². The van der Waals surface area contributed by atoms with Crippen molar-refractivity contribution in [2.24, 2.45) is 0 Å². The number of likely N-dealkylation sites (N-methyl/N-ethyl adjacent to an activating group) is 1. The highest BCUT2D eigenvalue weighted by Crippen LogP contribution is 2.18. The third kappa shape index (κ3) is 2.76. The summed E-state index contributed by atoms with van der Waals surface area (Å²) in [7, 11) is 1.93. The summed E-state index contributed by atoms with van der Waals surface area (Å²) in [5.41, 5.74) is 0.540. The second kappa shape index (κ2) is 5.47. The van der Waals surface area contributed by atoms with Gasteiger partial charge in [0, 0.05) is 31.5 Å². The summed E-state index contributed by atoms with van der Waals surface area (Å²) >= 11 is 5.98. The Kier molecular flexibility index (Phi) is 3.97. The van der Waals surface area contributed by atoms with Crippen LogP contribution in [0.15, 0.2) is 18.5 Å². The van der Waals surface area contributed by atoms with Crippen LogP contribution >= 0.6 is 11.6 Å². The number of likely N-dealkylation sites (tertiary alicyclic amines) is 1. The zero-order valence-corrected chi connectivity index (χ0v) is 10.6. The van der Waals surface area contributed by atoms with E-state index >= 15 is 0 Å². The maximum atomic E-state index is 12.3. The molecule has 0 unspecified atom stereocenters. The number of piperidine rings is 1. The highest BCUT2D eigenvalue weighted by Gasteiger charge is 2.24. The van der Waals surface area contributed by atoms with Crippen LogP contribution in [0.1, 0.15) is 23.2 Å². The number of nitrogens with zero attached hydrogens (tertiary/aromatic N) is 2. The molecule has 1 N–H and O–H groups in total. The Morgan fingerprint density at radius 1 is 1.65 bits per heavy atom. The topological polar surface area (TPSA) is 45.2 Å². The van der Waals surface area contributed by atoms with Crippen LogP contribution in [0, 0.1) is 0 Å². The molecule has 1 aromatic rings. The molecule has 2 heterocycles. The number of hydrogen-bond donors (Lipinski definition) is 1. The van der Waals surface area contributed by atoms with Crippen molar-refractivity contribution >= 4 is 17.5 Å². The van der Waals surface area contributed by atoms with Crippen molar-refractivity contribution in [3.8, 4) is 0 Å². The third-order valence-corrected chi connectivity index (χ3v) is 3.42. The number of hydrogen-bond acceptors (Lipinski definition) is 3. The monoisotopic (exact) mass is 253 g/mol. The molecule has 1 amide bonds. The largest absolute Gasteiger partial charge is 0.337 e. The summed E-state index contributed by atoms with van der Waals surface area (Å²) in [6.07, 6.45) is 5.25. The summed E-state index contributed by atoms with van der Waals surface area (Å²) in [5.74, 6) is -0.00245. The van der Waals surface area contributed by atoms with E-state index in [-0.39, 0.29) is 5.91 Å². The fourth-order valence-electron chi connectivity index (χ4n) is 2.12. The number of carbonyl (C=O) groups is 1. The van der Waals surface area contributed by atoms with Gasteiger partial charge in [-0.3, -0.25) is 9.78 Å². The molecule has 1 aliphatic rings. The van der Waals surface area contributed by atoms with Crippen LogP contribution < -0.4 is 5.32 Å². The van der Waals surface area contributed by atoms with Crippen LogP contribution in [0.2, 0.25) is 5.02 Å². The van der Waals surface area contributed by atoms with Gasteiger partial charge in [0.1, 0.15) is 0 Å². The second-order valence-electron chi connectivity index (χ2n) is 4.23. The minimum absolute atomic E-state index is 0.00245. The van der Waals surface area contributed by atoms with E-state index in [9.17, 15) is 4.79 Å². The minimum Gasteiger partial charge on any atom is -0.337 e. The van der Waals surface area contributed by atoms with Gasteiger partial charge in [-0.15, -0.1) is 0 Å². The van der Waals surface area contributed by atoms with Crippen LogP contribution in [-0.4, -0.2) is 42.0 Å². The van der Waals surface area contributed by atoms with E-state index in [1.165, 1.54) is 6.20 Å². The number of aromatic nitrogens is 1. The zero-order valence-electron chi connectivity index (χ0n) is 9.82. The lowest BCUT2D eigenvalue weighted by atomic mass is 10.0. The van der Waals surface area contributed by atoms with Gasteiger partial charge in [0.05, 0.1) is 10.6 Å². The van der Waals surface area contributed by atoms with Crippen LogP contribution in [0.25, 0.3) is 0 Å². The molecule has 4 nitrogen and oxygen atoms in total. The van der Waals surface area contributed by atoms with E-state index in [1.807, 2.05) is 11.9 Å². The molecule has 0 bridgehead atoms. The van der Waals surface area contributed by atoms with Gasteiger partial charge in [-0.05, 0) is 26.0 Å². The predicted molar refractivity (Wildman–Crippen MR) is 67.2 cm³/mol. The second-order valence-corrected chi connectivity index (χ2v) is 4.64. The number of amides is 1. The van der Waals surface area contributed by atoms with Gasteiger partial charge in [-0.1, -0.05) is 11.6 Å². The van der Waals surface area contributed by atoms with Gasteiger partial charge in [-0.2, -0.15) is 0 Å². The minimum atomic E-state index is -0.00245. The first-order valence-electron chi connectivity index (χ1n) is 5.78. The van der Waals surface area contributed by atoms with Gasteiger partial charge in [0.15, 0.2) is 0 Å². The Morgan fingerprint density at radius 3 is 3.18 bits per heavy atom. The molecule has 1 saturated heterocycles. The number of halogens is 1. The molecule has 2 rings (SSSR count). The van der Waals surface area contributed by atoms with Gasteiger partial charge in [0.25, 0.3) is 5.91 Å². The van der Waals surface area contributed by atoms with Crippen molar-refractivity contribution in [3.05, 3.63) is 29.0 Å². The van der Waals surface area contributed by atoms with Crippen LogP contribution in [0.5, 0.6) is 0 Å². The Hall–Kier alpha value is -1.13. The first kappa shape index (κ1) is 12.3. The summed E-state index contributed by atoms with van der Waals surface area (Å²) in [6, 6.07) is 2.06. The molecule has 17 heavy (non-hydrogen) atoms. The quantitative estimate of drug-likeness (QED) is 0.870. The molecule has 1 atom stereocenters. The van der Waals surface area contributed by atoms with Crippen LogP contribution in [-0.2, 0) is 0 Å². The summed E-state index contributed by atoms with van der Waals surface area (Å²) in [4.78, 5) is 18.0. The van der Waals surface area contributed by atoms with Crippen LogP contribution in [0.4, 0.5) is 0 Å². The lowest BCUT2D eigenvalue weighted by Gasteiger charge is -2.32. The van der Waals surface area contributed by atoms with Crippen molar-refractivity contribution in [1.29, 1.82) is 0 Å². The molecule has 5 heteroatoms. The average molecular weight is 254 g/mol. The van der Waals surface area contributed by atoms with E-state index in [0.717, 1.165) is 25.9 Å². The molecule has 0 radical (unpaired) electrons. The highest BCUT2D eigenvalue weighted by molar-refractivity contribution is 6.33. The van der Waals surface area contributed by atoms with E-state index < -0.39 is 0 Å². The molecule has 1 aromatic heterocycles. The van der Waals surface area contributed by atoms with Gasteiger partial charge in [0.2, 0.25) is 0 Å². The highest BCUT2D eigenvalue weighted by atomic mass is 35.5. The van der Waals surface area contributed by atoms with E-state index in [1.54, 1.807) is 12.3 Å². The molecule has 0 aliphatic carbocycles. The SMILES string of the molecule is CN[C@H]1CCCN(C(=O)c2ccncc2Cl)C1. The van der Waals surface area contributed by atoms with Crippen molar-refractivity contribution in [2.45, 2.75) is 18.9 Å². The summed E-state index contributed by atoms with van der Waals surface area (Å²) in [6.45, 7) is 1.55. The maximum Gasteiger partial charge on any atom is 0.255 e. The summed E-state index contributed by atoms with van der Waals surface area (Å²) < 4.78 is 0. The van der Waals surface area contributed by atoms with Crippen molar-refractivity contribution in [2.75, 3.05) is 20.1 Å². The Labute approximate surface area is 106 Å². The standard InChI is InChI=1S/C12H16ClN3O/c1-14-9-3-2-6-16(8-9)12(17)10-4-5-15-7-11(10)13/h4-5,7,9,14H,2-3,6,8H2,1H3/t9-/m0/s1. The maximum absolute atomic E-state index is 12.3. The lowest BCUT2D eigenvalue weighted by Crippen LogP contribution is -2.47. The fourth-order valence-corrected chi connectivity index (χ4v) is 2.32. The summed E-state index contributed by atoms with van der Waals surface area (Å²) in [5, 5.41) is 3.64. The Balaban J connectivity index is 2.12. The predicted octanol–water partition coefficient (Wildman–Crippen LogP) is 1.56. The lowest BCUT2D eigenvalue weighted by molar-refractivity contribution is 0.0698. The molecule has 92 valence electrons. The molecule has 0 saturated carbocycles. The number of rotatable bonds is 2. The molecular formula is C12H16ClN3O. The first-order valence-corrected chi connectivity index (χ1v) is 6.16. The number of nitrogens with one attached hydrogen (secondary N) is 1. The van der Waals surface area contributed by atoms with Gasteiger partial charge < -0.3 is 10.2 Å². The molecule has 1 fully saturated rings. The zero-order chi connectivity index (χ0) is 12.3. The van der Waals surface area contributed by atoms with E-state index in [0.29, 0.717) is 16.6 Å². The smallest absolute Gasteiger partial charge is 0.255 e. The Morgan fingerprint density at radius 2 is 2.47 bits per heavy atom. The first-order chi connectivity index (χ1) is 8.22. The van der Waals surface area contributed by atoms with Gasteiger partial charge in [-0.25, -0.2) is 0 Å². The molecule has 1 aliphatic heterocycles. The van der Waals surface area contributed by atoms with Crippen molar-refractivity contribution in [3.63, 3.8) is 0 Å². The number of pyridine rings is 1. The Bertz CT molecular complexity index is 410. The molecule has 0 aromatic carbocycles. The van der Waals surface area contributed by atoms with E-state index in [4.69, 9.17) is 11.6 Å². The van der Waals surface area contributed by atoms with Crippen LogP contribution in [0.3, 0.4) is 0 Å². The van der Waals surface area contributed by atoms with Gasteiger partial charge >= 0.3 is 0 Å². The average Bonchev–Trinajstić information content (AvgIpc) is 2.38. The number of carbonyl (C=O) groups excluding carboxylic acids is 1. The normalized spacial score (nSPS) is 20.4. The fraction of sp³-hybridized carbons (Fsp3) is 0.500. The molecular weight excluding hydrogens is 238 g/mol. The van der Waals surface area contributed by atoms with Crippen molar-refractivity contribution in [1.82, 2.24) is 15.2 Å².